The molecule has 3 nitrogen and oxygen atoms in total. The molecular weight excluding hydrogens is 245 g/mol. The molecule has 0 bridgehead atoms. The van der Waals surface area contributed by atoms with Crippen LogP contribution in [0, 0.1) is 13.8 Å². The van der Waals surface area contributed by atoms with Crippen molar-refractivity contribution in [3.05, 3.63) is 29.3 Å². The van der Waals surface area contributed by atoms with Gasteiger partial charge in [-0.25, -0.2) is 0 Å². The summed E-state index contributed by atoms with van der Waals surface area (Å²) >= 11 is 0. The first-order valence-electron chi connectivity index (χ1n) is 5.34. The summed E-state index contributed by atoms with van der Waals surface area (Å²) in [5.41, 5.74) is 0.924. The average molecular weight is 256 g/mol. The van der Waals surface area contributed by atoms with Crippen molar-refractivity contribution in [2.75, 3.05) is 5.01 Å². The van der Waals surface area contributed by atoms with Gasteiger partial charge in [0.25, 0.3) is 5.91 Å². The number of alkyl halides is 3. The Balaban J connectivity index is 2.42. The van der Waals surface area contributed by atoms with Crippen LogP contribution in [0.3, 0.4) is 0 Å². The van der Waals surface area contributed by atoms with Gasteiger partial charge in [0.05, 0.1) is 12.1 Å². The number of hydrogen-bond donors (Lipinski definition) is 0. The number of nitrogens with zero attached hydrogens (tertiary/aromatic N) is 2. The molecule has 1 amide bonds. The van der Waals surface area contributed by atoms with E-state index in [1.807, 2.05) is 6.07 Å². The van der Waals surface area contributed by atoms with Gasteiger partial charge in [0.1, 0.15) is 0 Å². The molecule has 0 atom stereocenters. The molecule has 96 valence electrons. The second kappa shape index (κ2) is 4.12. The van der Waals surface area contributed by atoms with E-state index in [9.17, 15) is 18.0 Å². The van der Waals surface area contributed by atoms with E-state index in [0.717, 1.165) is 10.6 Å². The number of aryl methyl sites for hydroxylation is 2. The van der Waals surface area contributed by atoms with Gasteiger partial charge in [-0.05, 0) is 31.0 Å². The van der Waals surface area contributed by atoms with Crippen molar-refractivity contribution in [1.82, 2.24) is 0 Å². The van der Waals surface area contributed by atoms with Crippen LogP contribution in [0.25, 0.3) is 0 Å². The molecule has 0 radical (unpaired) electrons. The molecule has 0 N–H and O–H groups in total. The van der Waals surface area contributed by atoms with Crippen LogP contribution in [0.5, 0.6) is 0 Å². The van der Waals surface area contributed by atoms with Crippen molar-refractivity contribution in [3.63, 3.8) is 0 Å². The third-order valence-corrected chi connectivity index (χ3v) is 2.70. The molecule has 6 heteroatoms. The second-order valence-corrected chi connectivity index (χ2v) is 4.22. The Morgan fingerprint density at radius 1 is 1.28 bits per heavy atom. The minimum Gasteiger partial charge on any atom is -0.272 e. The van der Waals surface area contributed by atoms with Gasteiger partial charge in [-0.3, -0.25) is 4.79 Å². The quantitative estimate of drug-likeness (QED) is 0.760. The van der Waals surface area contributed by atoms with Crippen LogP contribution >= 0.6 is 0 Å². The van der Waals surface area contributed by atoms with Gasteiger partial charge < -0.3 is 0 Å². The fraction of sp³-hybridized carbons (Fsp3) is 0.333. The van der Waals surface area contributed by atoms with Gasteiger partial charge in [-0.15, -0.1) is 0 Å². The lowest BCUT2D eigenvalue weighted by atomic mass is 10.1. The number of hydrazone groups is 1. The van der Waals surface area contributed by atoms with Crippen molar-refractivity contribution in [2.45, 2.75) is 26.4 Å². The predicted molar refractivity (Wildman–Crippen MR) is 61.5 cm³/mol. The van der Waals surface area contributed by atoms with Gasteiger partial charge in [0.15, 0.2) is 5.71 Å². The highest BCUT2D eigenvalue weighted by molar-refractivity contribution is 6.15. The molecule has 1 aromatic carbocycles. The van der Waals surface area contributed by atoms with Crippen LogP contribution in [0.15, 0.2) is 23.3 Å². The van der Waals surface area contributed by atoms with Crippen LogP contribution in [-0.2, 0) is 4.79 Å². The zero-order valence-electron chi connectivity index (χ0n) is 9.88. The van der Waals surface area contributed by atoms with E-state index in [2.05, 4.69) is 5.10 Å². The van der Waals surface area contributed by atoms with Gasteiger partial charge >= 0.3 is 6.18 Å². The Morgan fingerprint density at radius 2 is 1.94 bits per heavy atom. The summed E-state index contributed by atoms with van der Waals surface area (Å²) in [5.74, 6) is -0.656. The van der Waals surface area contributed by atoms with Crippen LogP contribution in [0.2, 0.25) is 0 Å². The SMILES string of the molecule is Cc1ccc(C)c(N2N=C(C(F)(F)F)CC2=O)c1. The molecule has 0 saturated heterocycles. The van der Waals surface area contributed by atoms with E-state index in [1.165, 1.54) is 0 Å². The predicted octanol–water partition coefficient (Wildman–Crippen LogP) is 2.96. The van der Waals surface area contributed by atoms with Crippen molar-refractivity contribution < 1.29 is 18.0 Å². The number of carbonyl (C=O) groups is 1. The molecule has 0 fully saturated rings. The van der Waals surface area contributed by atoms with E-state index < -0.39 is 24.2 Å². The Labute approximate surface area is 102 Å². The third kappa shape index (κ3) is 2.23. The summed E-state index contributed by atoms with van der Waals surface area (Å²) in [6.45, 7) is 3.53. The van der Waals surface area contributed by atoms with Gasteiger partial charge in [0, 0.05) is 0 Å². The lowest BCUT2D eigenvalue weighted by Gasteiger charge is -2.15. The van der Waals surface area contributed by atoms with E-state index in [4.69, 9.17) is 0 Å². The van der Waals surface area contributed by atoms with Crippen molar-refractivity contribution >= 4 is 17.3 Å². The van der Waals surface area contributed by atoms with E-state index in [1.54, 1.807) is 26.0 Å². The maximum Gasteiger partial charge on any atom is 0.431 e. The second-order valence-electron chi connectivity index (χ2n) is 4.22. The molecule has 0 saturated carbocycles. The normalized spacial score (nSPS) is 16.2. The van der Waals surface area contributed by atoms with Crippen LogP contribution < -0.4 is 5.01 Å². The number of rotatable bonds is 1. The maximum absolute atomic E-state index is 12.5. The first kappa shape index (κ1) is 12.6. The standard InChI is InChI=1S/C12H11F3N2O/c1-7-3-4-8(2)9(5-7)17-11(18)6-10(16-17)12(13,14)15/h3-5H,6H2,1-2H3. The lowest BCUT2D eigenvalue weighted by molar-refractivity contribution is -0.117. The number of hydrogen-bond acceptors (Lipinski definition) is 2. The minimum atomic E-state index is -4.55. The third-order valence-electron chi connectivity index (χ3n) is 2.70. The molecule has 2 rings (SSSR count). The van der Waals surface area contributed by atoms with E-state index in [0.29, 0.717) is 11.3 Å². The molecule has 18 heavy (non-hydrogen) atoms. The van der Waals surface area contributed by atoms with Gasteiger partial charge in [-0.2, -0.15) is 23.3 Å². The molecule has 1 aromatic rings. The topological polar surface area (TPSA) is 32.7 Å². The molecule has 0 aromatic heterocycles. The summed E-state index contributed by atoms with van der Waals surface area (Å²) < 4.78 is 37.5. The summed E-state index contributed by atoms with van der Waals surface area (Å²) in [6, 6.07) is 5.23. The molecular formula is C12H11F3N2O. The van der Waals surface area contributed by atoms with Gasteiger partial charge in [0.2, 0.25) is 0 Å². The van der Waals surface area contributed by atoms with Crippen LogP contribution in [0.1, 0.15) is 17.5 Å². The average Bonchev–Trinajstić information content (AvgIpc) is 2.64. The Morgan fingerprint density at radius 3 is 2.50 bits per heavy atom. The molecule has 1 heterocycles. The summed E-state index contributed by atoms with van der Waals surface area (Å²) in [7, 11) is 0. The Bertz CT molecular complexity index is 535. The highest BCUT2D eigenvalue weighted by Gasteiger charge is 2.42. The zero-order chi connectivity index (χ0) is 13.5. The van der Waals surface area contributed by atoms with Crippen LogP contribution in [-0.4, -0.2) is 17.8 Å². The Kier molecular flexibility index (Phi) is 2.88. The lowest BCUT2D eigenvalue weighted by Crippen LogP contribution is -2.22. The molecule has 0 aliphatic carbocycles. The minimum absolute atomic E-state index is 0.402. The number of amides is 1. The van der Waals surface area contributed by atoms with E-state index in [-0.39, 0.29) is 0 Å². The largest absolute Gasteiger partial charge is 0.431 e. The summed E-state index contributed by atoms with van der Waals surface area (Å²) in [4.78, 5) is 11.6. The number of anilines is 1. The summed E-state index contributed by atoms with van der Waals surface area (Å²) in [5, 5.41) is 4.23. The van der Waals surface area contributed by atoms with Crippen molar-refractivity contribution in [3.8, 4) is 0 Å². The molecule has 1 aliphatic rings. The smallest absolute Gasteiger partial charge is 0.272 e. The first-order valence-corrected chi connectivity index (χ1v) is 5.34. The fourth-order valence-electron chi connectivity index (χ4n) is 1.72. The number of halogens is 3. The fourth-order valence-corrected chi connectivity index (χ4v) is 1.72. The highest BCUT2D eigenvalue weighted by atomic mass is 19.4. The zero-order valence-corrected chi connectivity index (χ0v) is 9.88. The van der Waals surface area contributed by atoms with Crippen LogP contribution in [0.4, 0.5) is 18.9 Å². The molecule has 0 unspecified atom stereocenters. The highest BCUT2D eigenvalue weighted by Crippen LogP contribution is 2.30. The number of benzene rings is 1. The number of carbonyl (C=O) groups excluding carboxylic acids is 1. The van der Waals surface area contributed by atoms with E-state index >= 15 is 0 Å². The maximum atomic E-state index is 12.5. The van der Waals surface area contributed by atoms with Crippen molar-refractivity contribution in [1.29, 1.82) is 0 Å². The first-order chi connectivity index (χ1) is 8.29. The summed E-state index contributed by atoms with van der Waals surface area (Å²) in [6.07, 6.45) is -5.25. The molecule has 0 spiro atoms. The monoisotopic (exact) mass is 256 g/mol. The Hall–Kier alpha value is -1.85. The molecule has 1 aliphatic heterocycles. The van der Waals surface area contributed by atoms with Crippen molar-refractivity contribution in [2.24, 2.45) is 5.10 Å². The van der Waals surface area contributed by atoms with Gasteiger partial charge in [-0.1, -0.05) is 12.1 Å².